The first-order valence-corrected chi connectivity index (χ1v) is 5.92. The van der Waals surface area contributed by atoms with Gasteiger partial charge in [0.25, 0.3) is 0 Å². The summed E-state index contributed by atoms with van der Waals surface area (Å²) in [5, 5.41) is 11.6. The van der Waals surface area contributed by atoms with Crippen LogP contribution in [0.4, 0.5) is 15.8 Å². The number of carbonyl (C=O) groups is 1. The number of carbonyl (C=O) groups excluding carboxylic acids is 1. The van der Waals surface area contributed by atoms with Crippen molar-refractivity contribution in [1.82, 2.24) is 0 Å². The van der Waals surface area contributed by atoms with E-state index in [1.54, 1.807) is 24.3 Å². The maximum Gasteiger partial charge on any atom is 0.181 e. The lowest BCUT2D eigenvalue weighted by molar-refractivity contribution is 0.101. The van der Waals surface area contributed by atoms with Crippen LogP contribution in [0.1, 0.15) is 15.9 Å². The molecule has 0 aliphatic rings. The summed E-state index contributed by atoms with van der Waals surface area (Å²) in [6, 6.07) is 12.6. The van der Waals surface area contributed by atoms with E-state index in [0.717, 1.165) is 5.69 Å². The van der Waals surface area contributed by atoms with Gasteiger partial charge in [-0.1, -0.05) is 0 Å². The third-order valence-electron chi connectivity index (χ3n) is 2.79. The molecule has 0 atom stereocenters. The Kier molecular flexibility index (Phi) is 3.96. The number of benzene rings is 2. The monoisotopic (exact) mass is 269 g/mol. The molecule has 0 fully saturated rings. The van der Waals surface area contributed by atoms with E-state index in [1.807, 2.05) is 6.07 Å². The first-order chi connectivity index (χ1) is 9.60. The summed E-state index contributed by atoms with van der Waals surface area (Å²) < 4.78 is 13.0. The molecule has 0 radical (unpaired) electrons. The molecule has 2 aromatic rings. The van der Waals surface area contributed by atoms with Crippen molar-refractivity contribution in [3.63, 3.8) is 0 Å². The molecule has 2 rings (SSSR count). The van der Waals surface area contributed by atoms with Crippen LogP contribution in [0.3, 0.4) is 0 Å². The minimum absolute atomic E-state index is 0.0470. The highest BCUT2D eigenvalue weighted by Crippen LogP contribution is 2.13. The van der Waals surface area contributed by atoms with Gasteiger partial charge >= 0.3 is 0 Å². The molecule has 0 aliphatic carbocycles. The number of ketones is 1. The number of nitrogen functional groups attached to an aromatic ring is 1. The topological polar surface area (TPSA) is 78.9 Å². The van der Waals surface area contributed by atoms with Crippen molar-refractivity contribution in [2.24, 2.45) is 0 Å². The molecule has 100 valence electrons. The number of hydrogen-bond acceptors (Lipinski definition) is 4. The zero-order valence-corrected chi connectivity index (χ0v) is 10.6. The van der Waals surface area contributed by atoms with Gasteiger partial charge in [0.1, 0.15) is 5.82 Å². The number of rotatable bonds is 4. The lowest BCUT2D eigenvalue weighted by Crippen LogP contribution is -2.14. The smallest absolute Gasteiger partial charge is 0.181 e. The van der Waals surface area contributed by atoms with Crippen LogP contribution in [0.2, 0.25) is 0 Å². The van der Waals surface area contributed by atoms with Crippen LogP contribution in [0.25, 0.3) is 0 Å². The first-order valence-electron chi connectivity index (χ1n) is 5.92. The number of nitrogens with one attached hydrogen (secondary N) is 1. The Bertz CT molecular complexity index is 675. The number of halogens is 1. The van der Waals surface area contributed by atoms with Crippen molar-refractivity contribution < 1.29 is 9.18 Å². The molecule has 0 unspecified atom stereocenters. The van der Waals surface area contributed by atoms with Crippen LogP contribution in [-0.4, -0.2) is 12.3 Å². The Balaban J connectivity index is 2.01. The summed E-state index contributed by atoms with van der Waals surface area (Å²) in [5.74, 6) is -0.734. The van der Waals surface area contributed by atoms with E-state index in [2.05, 4.69) is 5.32 Å². The van der Waals surface area contributed by atoms with Crippen molar-refractivity contribution >= 4 is 17.2 Å². The Morgan fingerprint density at radius 3 is 2.55 bits per heavy atom. The van der Waals surface area contributed by atoms with Gasteiger partial charge in [-0.05, 0) is 42.5 Å². The van der Waals surface area contributed by atoms with Gasteiger partial charge in [0.05, 0.1) is 23.9 Å². The molecule has 0 spiro atoms. The van der Waals surface area contributed by atoms with E-state index in [0.29, 0.717) is 11.1 Å². The van der Waals surface area contributed by atoms with Crippen LogP contribution in [0.5, 0.6) is 0 Å². The summed E-state index contributed by atoms with van der Waals surface area (Å²) in [6.45, 7) is 0.0664. The van der Waals surface area contributed by atoms with Crippen molar-refractivity contribution in [2.45, 2.75) is 0 Å². The Morgan fingerprint density at radius 1 is 1.25 bits per heavy atom. The minimum Gasteiger partial charge on any atom is -0.396 e. The number of hydrogen-bond donors (Lipinski definition) is 2. The average molecular weight is 269 g/mol. The lowest BCUT2D eigenvalue weighted by atomic mass is 10.1. The number of anilines is 2. The molecule has 0 saturated carbocycles. The van der Waals surface area contributed by atoms with Gasteiger partial charge in [0, 0.05) is 11.3 Å². The lowest BCUT2D eigenvalue weighted by Gasteiger charge is -2.06. The fourth-order valence-electron chi connectivity index (χ4n) is 1.66. The SMILES string of the molecule is N#Cc1ccc(NCC(=O)c2ccc(F)c(N)c2)cc1. The van der Waals surface area contributed by atoms with Gasteiger partial charge in [0.15, 0.2) is 5.78 Å². The van der Waals surface area contributed by atoms with E-state index in [9.17, 15) is 9.18 Å². The minimum atomic E-state index is -0.540. The molecule has 4 nitrogen and oxygen atoms in total. The zero-order chi connectivity index (χ0) is 14.5. The highest BCUT2D eigenvalue weighted by atomic mass is 19.1. The second-order valence-corrected chi connectivity index (χ2v) is 4.20. The Labute approximate surface area is 115 Å². The van der Waals surface area contributed by atoms with E-state index in [-0.39, 0.29) is 18.0 Å². The molecular formula is C15H12FN3O. The Morgan fingerprint density at radius 2 is 1.95 bits per heavy atom. The van der Waals surface area contributed by atoms with Gasteiger partial charge in [-0.2, -0.15) is 5.26 Å². The largest absolute Gasteiger partial charge is 0.396 e. The fourth-order valence-corrected chi connectivity index (χ4v) is 1.66. The number of Topliss-reactive ketones (excluding diaryl/α,β-unsaturated/α-hetero) is 1. The van der Waals surface area contributed by atoms with E-state index < -0.39 is 5.82 Å². The summed E-state index contributed by atoms with van der Waals surface area (Å²) in [5.41, 5.74) is 7.00. The van der Waals surface area contributed by atoms with Crippen molar-refractivity contribution in [2.75, 3.05) is 17.6 Å². The number of nitriles is 1. The molecule has 0 aromatic heterocycles. The third kappa shape index (κ3) is 3.12. The Hall–Kier alpha value is -2.87. The summed E-state index contributed by atoms with van der Waals surface area (Å²) in [7, 11) is 0. The molecule has 2 aromatic carbocycles. The standard InChI is InChI=1S/C15H12FN3O/c16-13-6-3-11(7-14(13)18)15(20)9-19-12-4-1-10(8-17)2-5-12/h1-7,19H,9,18H2. The number of nitrogens with two attached hydrogens (primary N) is 1. The van der Waals surface area contributed by atoms with Crippen LogP contribution in [0.15, 0.2) is 42.5 Å². The molecule has 5 heteroatoms. The van der Waals surface area contributed by atoms with Gasteiger partial charge in [0.2, 0.25) is 0 Å². The van der Waals surface area contributed by atoms with E-state index in [1.165, 1.54) is 18.2 Å². The van der Waals surface area contributed by atoms with Crippen LogP contribution in [-0.2, 0) is 0 Å². The molecule has 0 aliphatic heterocycles. The molecule has 0 saturated heterocycles. The van der Waals surface area contributed by atoms with Gasteiger partial charge in [-0.3, -0.25) is 4.79 Å². The van der Waals surface area contributed by atoms with Crippen LogP contribution < -0.4 is 11.1 Å². The van der Waals surface area contributed by atoms with E-state index >= 15 is 0 Å². The van der Waals surface area contributed by atoms with Crippen molar-refractivity contribution in [3.8, 4) is 6.07 Å². The van der Waals surface area contributed by atoms with Gasteiger partial charge in [-0.15, -0.1) is 0 Å². The quantitative estimate of drug-likeness (QED) is 0.660. The van der Waals surface area contributed by atoms with Gasteiger partial charge < -0.3 is 11.1 Å². The fraction of sp³-hybridized carbons (Fsp3) is 0.0667. The molecule has 0 bridgehead atoms. The van der Waals surface area contributed by atoms with E-state index in [4.69, 9.17) is 11.0 Å². The maximum atomic E-state index is 13.0. The highest BCUT2D eigenvalue weighted by molar-refractivity contribution is 5.99. The average Bonchev–Trinajstić information content (AvgIpc) is 2.48. The van der Waals surface area contributed by atoms with Crippen LogP contribution >= 0.6 is 0 Å². The molecule has 0 amide bonds. The summed E-state index contributed by atoms with van der Waals surface area (Å²) >= 11 is 0. The third-order valence-corrected chi connectivity index (χ3v) is 2.79. The van der Waals surface area contributed by atoms with Gasteiger partial charge in [-0.25, -0.2) is 4.39 Å². The summed E-state index contributed by atoms with van der Waals surface area (Å²) in [6.07, 6.45) is 0. The molecule has 0 heterocycles. The predicted molar refractivity (Wildman–Crippen MR) is 74.8 cm³/mol. The second-order valence-electron chi connectivity index (χ2n) is 4.20. The zero-order valence-electron chi connectivity index (χ0n) is 10.6. The highest BCUT2D eigenvalue weighted by Gasteiger charge is 2.08. The molecular weight excluding hydrogens is 257 g/mol. The van der Waals surface area contributed by atoms with Crippen molar-refractivity contribution in [3.05, 3.63) is 59.4 Å². The molecule has 20 heavy (non-hydrogen) atoms. The normalized spacial score (nSPS) is 9.80. The number of nitrogens with zero attached hydrogens (tertiary/aromatic N) is 1. The maximum absolute atomic E-state index is 13.0. The first kappa shape index (κ1) is 13.6. The van der Waals surface area contributed by atoms with Crippen molar-refractivity contribution in [1.29, 1.82) is 5.26 Å². The van der Waals surface area contributed by atoms with Crippen LogP contribution in [0, 0.1) is 17.1 Å². The second kappa shape index (κ2) is 5.85. The predicted octanol–water partition coefficient (Wildman–Crippen LogP) is 2.57. The molecule has 3 N–H and O–H groups in total. The summed E-state index contributed by atoms with van der Waals surface area (Å²) in [4.78, 5) is 11.9.